The van der Waals surface area contributed by atoms with Gasteiger partial charge in [-0.2, -0.15) is 0 Å². The topological polar surface area (TPSA) is 52.6 Å². The molecule has 96 valence electrons. The van der Waals surface area contributed by atoms with Crippen LogP contribution in [0.3, 0.4) is 0 Å². The molecular weight excluding hydrogens is 232 g/mol. The lowest BCUT2D eigenvalue weighted by molar-refractivity contribution is -0.144. The molecule has 0 amide bonds. The summed E-state index contributed by atoms with van der Waals surface area (Å²) in [7, 11) is 0. The monoisotopic (exact) mass is 248 g/mol. The van der Waals surface area contributed by atoms with E-state index in [1.165, 1.54) is 0 Å². The molecular formula is C14H16O4. The zero-order valence-corrected chi connectivity index (χ0v) is 10.1. The standard InChI is InChI=1S/C14H16O4/c15-13(12-6-9-18-14(12)16)7-8-17-10-11-4-2-1-3-5-11/h1-5,12H,6-10H2. The second-order valence-electron chi connectivity index (χ2n) is 4.26. The molecule has 1 aromatic rings. The first-order valence-corrected chi connectivity index (χ1v) is 6.08. The van der Waals surface area contributed by atoms with Crippen LogP contribution < -0.4 is 0 Å². The van der Waals surface area contributed by atoms with Crippen LogP contribution in [0.15, 0.2) is 30.3 Å². The van der Waals surface area contributed by atoms with E-state index in [0.29, 0.717) is 26.2 Å². The molecule has 1 aliphatic heterocycles. The maximum Gasteiger partial charge on any atom is 0.316 e. The van der Waals surface area contributed by atoms with Gasteiger partial charge in [-0.1, -0.05) is 30.3 Å². The van der Waals surface area contributed by atoms with Crippen molar-refractivity contribution in [3.63, 3.8) is 0 Å². The molecule has 1 aromatic carbocycles. The molecule has 1 fully saturated rings. The van der Waals surface area contributed by atoms with Gasteiger partial charge in [0, 0.05) is 12.8 Å². The van der Waals surface area contributed by atoms with Crippen LogP contribution in [0.5, 0.6) is 0 Å². The highest BCUT2D eigenvalue weighted by Gasteiger charge is 2.32. The van der Waals surface area contributed by atoms with Crippen LogP contribution in [0.4, 0.5) is 0 Å². The number of cyclic esters (lactones) is 1. The lowest BCUT2D eigenvalue weighted by Crippen LogP contribution is -2.20. The highest BCUT2D eigenvalue weighted by atomic mass is 16.5. The minimum Gasteiger partial charge on any atom is -0.465 e. The van der Waals surface area contributed by atoms with Gasteiger partial charge in [-0.15, -0.1) is 0 Å². The lowest BCUT2D eigenvalue weighted by atomic mass is 10.0. The minimum atomic E-state index is -0.565. The van der Waals surface area contributed by atoms with Gasteiger partial charge in [0.05, 0.1) is 19.8 Å². The Balaban J connectivity index is 1.66. The van der Waals surface area contributed by atoms with Gasteiger partial charge in [-0.25, -0.2) is 0 Å². The summed E-state index contributed by atoms with van der Waals surface area (Å²) < 4.78 is 10.2. The number of benzene rings is 1. The highest BCUT2D eigenvalue weighted by Crippen LogP contribution is 2.16. The van der Waals surface area contributed by atoms with Gasteiger partial charge < -0.3 is 9.47 Å². The molecule has 1 aliphatic rings. The molecule has 0 saturated carbocycles. The number of rotatable bonds is 6. The number of ether oxygens (including phenoxy) is 2. The summed E-state index contributed by atoms with van der Waals surface area (Å²) in [4.78, 5) is 22.9. The molecule has 18 heavy (non-hydrogen) atoms. The van der Waals surface area contributed by atoms with Crippen molar-refractivity contribution in [3.05, 3.63) is 35.9 Å². The molecule has 1 unspecified atom stereocenters. The summed E-state index contributed by atoms with van der Waals surface area (Å²) in [5.41, 5.74) is 1.07. The van der Waals surface area contributed by atoms with Gasteiger partial charge in [0.25, 0.3) is 0 Å². The number of carbonyl (C=O) groups is 2. The summed E-state index contributed by atoms with van der Waals surface area (Å²) in [6.07, 6.45) is 0.781. The van der Waals surface area contributed by atoms with E-state index >= 15 is 0 Å². The SMILES string of the molecule is O=C(CCOCc1ccccc1)C1CCOC1=O. The fourth-order valence-corrected chi connectivity index (χ4v) is 1.90. The molecule has 4 heteroatoms. The normalized spacial score (nSPS) is 18.7. The summed E-state index contributed by atoms with van der Waals surface area (Å²) >= 11 is 0. The van der Waals surface area contributed by atoms with Gasteiger partial charge in [-0.3, -0.25) is 9.59 Å². The molecule has 0 spiro atoms. The molecule has 0 N–H and O–H groups in total. The van der Waals surface area contributed by atoms with E-state index in [2.05, 4.69) is 0 Å². The van der Waals surface area contributed by atoms with Crippen LogP contribution in [0.25, 0.3) is 0 Å². The van der Waals surface area contributed by atoms with Crippen LogP contribution in [0.2, 0.25) is 0 Å². The van der Waals surface area contributed by atoms with E-state index in [4.69, 9.17) is 9.47 Å². The number of Topliss-reactive ketones (excluding diaryl/α,β-unsaturated/α-hetero) is 1. The van der Waals surface area contributed by atoms with Gasteiger partial charge in [-0.05, 0) is 5.56 Å². The Kier molecular flexibility index (Phi) is 4.47. The van der Waals surface area contributed by atoms with E-state index in [1.54, 1.807) is 0 Å². The van der Waals surface area contributed by atoms with Crippen LogP contribution in [0, 0.1) is 5.92 Å². The summed E-state index contributed by atoms with van der Waals surface area (Å²) in [5.74, 6) is -1.03. The Morgan fingerprint density at radius 2 is 2.11 bits per heavy atom. The van der Waals surface area contributed by atoms with Crippen molar-refractivity contribution < 1.29 is 19.1 Å². The molecule has 2 rings (SSSR count). The summed E-state index contributed by atoms with van der Waals surface area (Å²) in [5, 5.41) is 0. The lowest BCUT2D eigenvalue weighted by Gasteiger charge is -2.06. The van der Waals surface area contributed by atoms with Crippen molar-refractivity contribution in [2.24, 2.45) is 5.92 Å². The Labute approximate surface area is 106 Å². The largest absolute Gasteiger partial charge is 0.465 e. The smallest absolute Gasteiger partial charge is 0.316 e. The van der Waals surface area contributed by atoms with Gasteiger partial charge in [0.1, 0.15) is 11.7 Å². The summed E-state index contributed by atoms with van der Waals surface area (Å²) in [6.45, 7) is 1.20. The maximum atomic E-state index is 11.7. The molecule has 0 aliphatic carbocycles. The number of ketones is 1. The maximum absolute atomic E-state index is 11.7. The van der Waals surface area contributed by atoms with Crippen LogP contribution in [-0.4, -0.2) is 25.0 Å². The Hall–Kier alpha value is -1.68. The Morgan fingerprint density at radius 1 is 1.33 bits per heavy atom. The van der Waals surface area contributed by atoms with E-state index in [0.717, 1.165) is 5.56 Å². The molecule has 0 radical (unpaired) electrons. The van der Waals surface area contributed by atoms with Gasteiger partial charge in [0.15, 0.2) is 0 Å². The van der Waals surface area contributed by atoms with Crippen molar-refractivity contribution in [2.75, 3.05) is 13.2 Å². The third-order valence-corrected chi connectivity index (χ3v) is 2.93. The Morgan fingerprint density at radius 3 is 2.78 bits per heavy atom. The van der Waals surface area contributed by atoms with Crippen LogP contribution in [-0.2, 0) is 25.7 Å². The van der Waals surface area contributed by atoms with Gasteiger partial charge in [0.2, 0.25) is 0 Å². The number of carbonyl (C=O) groups excluding carboxylic acids is 2. The molecule has 1 saturated heterocycles. The van der Waals surface area contributed by atoms with Crippen molar-refractivity contribution in [2.45, 2.75) is 19.4 Å². The van der Waals surface area contributed by atoms with E-state index in [-0.39, 0.29) is 18.2 Å². The second kappa shape index (κ2) is 6.31. The predicted molar refractivity (Wildman–Crippen MR) is 64.8 cm³/mol. The third kappa shape index (κ3) is 3.40. The van der Waals surface area contributed by atoms with Crippen molar-refractivity contribution >= 4 is 11.8 Å². The first kappa shape index (κ1) is 12.8. The average molecular weight is 248 g/mol. The first-order valence-electron chi connectivity index (χ1n) is 6.08. The minimum absolute atomic E-state index is 0.0782. The second-order valence-corrected chi connectivity index (χ2v) is 4.26. The van der Waals surface area contributed by atoms with E-state index < -0.39 is 5.92 Å². The highest BCUT2D eigenvalue weighted by molar-refractivity contribution is 5.99. The van der Waals surface area contributed by atoms with Crippen LogP contribution in [0.1, 0.15) is 18.4 Å². The van der Waals surface area contributed by atoms with Crippen LogP contribution >= 0.6 is 0 Å². The third-order valence-electron chi connectivity index (χ3n) is 2.93. The number of hydrogen-bond donors (Lipinski definition) is 0. The molecule has 0 aromatic heterocycles. The predicted octanol–water partition coefficient (Wildman–Crippen LogP) is 1.73. The Bertz CT molecular complexity index is 413. The van der Waals surface area contributed by atoms with E-state index in [9.17, 15) is 9.59 Å². The molecule has 1 atom stereocenters. The fraction of sp³-hybridized carbons (Fsp3) is 0.429. The van der Waals surface area contributed by atoms with Gasteiger partial charge >= 0.3 is 5.97 Å². The molecule has 4 nitrogen and oxygen atoms in total. The molecule has 1 heterocycles. The quantitative estimate of drug-likeness (QED) is 0.437. The summed E-state index contributed by atoms with van der Waals surface area (Å²) in [6, 6.07) is 9.77. The van der Waals surface area contributed by atoms with Crippen molar-refractivity contribution in [3.8, 4) is 0 Å². The average Bonchev–Trinajstić information content (AvgIpc) is 2.82. The first-order chi connectivity index (χ1) is 8.77. The van der Waals surface area contributed by atoms with E-state index in [1.807, 2.05) is 30.3 Å². The number of hydrogen-bond acceptors (Lipinski definition) is 4. The zero-order chi connectivity index (χ0) is 12.8. The fourth-order valence-electron chi connectivity index (χ4n) is 1.90. The number of esters is 1. The molecule has 0 bridgehead atoms. The van der Waals surface area contributed by atoms with Crippen molar-refractivity contribution in [1.29, 1.82) is 0 Å². The zero-order valence-electron chi connectivity index (χ0n) is 10.1. The van der Waals surface area contributed by atoms with Crippen molar-refractivity contribution in [1.82, 2.24) is 0 Å².